The molecule has 0 aliphatic carbocycles. The average molecular weight is 482 g/mol. The Morgan fingerprint density at radius 1 is 1.06 bits per heavy atom. The van der Waals surface area contributed by atoms with Crippen molar-refractivity contribution in [1.29, 1.82) is 0 Å². The van der Waals surface area contributed by atoms with E-state index in [-0.39, 0.29) is 0 Å². The van der Waals surface area contributed by atoms with Crippen molar-refractivity contribution in [2.75, 3.05) is 7.11 Å². The number of carbonyl (C=O) groups excluding carboxylic acids is 1. The number of methoxy groups -OCH3 is 1. The third-order valence-corrected chi connectivity index (χ3v) is 4.91. The zero-order chi connectivity index (χ0) is 22.5. The minimum Gasteiger partial charge on any atom is -0.481 e. The maximum absolute atomic E-state index is 12.2. The van der Waals surface area contributed by atoms with Gasteiger partial charge < -0.3 is 14.8 Å². The molecule has 2 aromatic carbocycles. The summed E-state index contributed by atoms with van der Waals surface area (Å²) in [4.78, 5) is 33.9. The van der Waals surface area contributed by atoms with Gasteiger partial charge in [-0.15, -0.1) is 0 Å². The number of imidazole rings is 1. The minimum absolute atomic E-state index is 0.417. The van der Waals surface area contributed by atoms with Gasteiger partial charge in [0.25, 0.3) is 5.97 Å². The highest BCUT2D eigenvalue weighted by molar-refractivity contribution is 9.10. The van der Waals surface area contributed by atoms with Gasteiger partial charge in [-0.3, -0.25) is 9.78 Å². The molecule has 2 N–H and O–H groups in total. The number of ether oxygens (including phenoxy) is 1. The maximum atomic E-state index is 12.2. The number of pyridine rings is 1. The van der Waals surface area contributed by atoms with Crippen LogP contribution in [0.4, 0.5) is 0 Å². The number of rotatable bonds is 3. The lowest BCUT2D eigenvalue weighted by molar-refractivity contribution is -0.134. The number of aromatic amines is 1. The van der Waals surface area contributed by atoms with Crippen LogP contribution in [0.25, 0.3) is 33.7 Å². The van der Waals surface area contributed by atoms with Gasteiger partial charge in [-0.1, -0.05) is 40.2 Å². The zero-order valence-electron chi connectivity index (χ0n) is 17.1. The second-order valence-electron chi connectivity index (χ2n) is 6.64. The highest BCUT2D eigenvalue weighted by Gasteiger charge is 2.19. The lowest BCUT2D eigenvalue weighted by Crippen LogP contribution is -2.07. The molecule has 0 fully saturated rings. The summed E-state index contributed by atoms with van der Waals surface area (Å²) in [5.41, 5.74) is 5.26. The summed E-state index contributed by atoms with van der Waals surface area (Å²) in [5, 5.41) is 7.42. The zero-order valence-corrected chi connectivity index (χ0v) is 18.7. The summed E-state index contributed by atoms with van der Waals surface area (Å²) >= 11 is 3.46. The van der Waals surface area contributed by atoms with Gasteiger partial charge in [0.1, 0.15) is 5.82 Å². The molecule has 0 atom stereocenters. The molecule has 0 amide bonds. The summed E-state index contributed by atoms with van der Waals surface area (Å²) in [5.74, 6) is -0.591. The third-order valence-electron chi connectivity index (χ3n) is 4.38. The summed E-state index contributed by atoms with van der Waals surface area (Å²) in [6, 6.07) is 17.5. The molecule has 0 saturated heterocycles. The molecule has 7 nitrogen and oxygen atoms in total. The second-order valence-corrected chi connectivity index (χ2v) is 7.55. The van der Waals surface area contributed by atoms with E-state index >= 15 is 0 Å². The summed E-state index contributed by atoms with van der Waals surface area (Å²) < 4.78 is 5.90. The van der Waals surface area contributed by atoms with Crippen LogP contribution in [-0.2, 0) is 9.53 Å². The van der Waals surface area contributed by atoms with Crippen LogP contribution in [0.2, 0.25) is 0 Å². The van der Waals surface area contributed by atoms with Crippen molar-refractivity contribution in [2.24, 2.45) is 0 Å². The molecule has 0 aliphatic heterocycles. The van der Waals surface area contributed by atoms with Gasteiger partial charge >= 0.3 is 5.97 Å². The number of carbonyl (C=O) groups is 2. The molecule has 0 aliphatic rings. The Balaban J connectivity index is 0.000000628. The molecular weight excluding hydrogens is 462 g/mol. The first kappa shape index (κ1) is 22.2. The first-order valence-corrected chi connectivity index (χ1v) is 10.1. The average Bonchev–Trinajstić information content (AvgIpc) is 3.17. The van der Waals surface area contributed by atoms with E-state index in [0.29, 0.717) is 17.1 Å². The normalized spacial score (nSPS) is 10.3. The Labute approximate surface area is 187 Å². The number of para-hydroxylation sites is 2. The number of aliphatic carboxylic acids is 1. The van der Waals surface area contributed by atoms with Crippen molar-refractivity contribution in [3.05, 3.63) is 70.3 Å². The van der Waals surface area contributed by atoms with Crippen molar-refractivity contribution in [1.82, 2.24) is 15.0 Å². The number of hydrogen-bond donors (Lipinski definition) is 2. The smallest absolute Gasteiger partial charge is 0.339 e. The molecule has 8 heteroatoms. The van der Waals surface area contributed by atoms with E-state index in [1.165, 1.54) is 7.11 Å². The number of halogens is 1. The molecule has 0 saturated carbocycles. The molecule has 2 aromatic heterocycles. The Kier molecular flexibility index (Phi) is 6.81. The van der Waals surface area contributed by atoms with Crippen molar-refractivity contribution in [3.8, 4) is 22.6 Å². The maximum Gasteiger partial charge on any atom is 0.339 e. The number of aromatic nitrogens is 3. The predicted molar refractivity (Wildman–Crippen MR) is 122 cm³/mol. The van der Waals surface area contributed by atoms with Crippen LogP contribution in [-0.4, -0.2) is 39.1 Å². The number of nitrogens with zero attached hydrogens (tertiary/aromatic N) is 2. The van der Waals surface area contributed by atoms with Crippen molar-refractivity contribution < 1.29 is 19.4 Å². The number of benzene rings is 2. The first-order valence-electron chi connectivity index (χ1n) is 9.30. The van der Waals surface area contributed by atoms with Crippen LogP contribution < -0.4 is 0 Å². The monoisotopic (exact) mass is 481 g/mol. The van der Waals surface area contributed by atoms with Crippen LogP contribution in [0.3, 0.4) is 0 Å². The fourth-order valence-electron chi connectivity index (χ4n) is 3.01. The first-order chi connectivity index (χ1) is 14.8. The summed E-state index contributed by atoms with van der Waals surface area (Å²) in [7, 11) is 1.37. The molecule has 0 unspecified atom stereocenters. The topological polar surface area (TPSA) is 105 Å². The quantitative estimate of drug-likeness (QED) is 0.387. The fourth-order valence-corrected chi connectivity index (χ4v) is 3.27. The number of carboxylic acid groups (broad SMARTS) is 1. The third kappa shape index (κ3) is 5.16. The minimum atomic E-state index is -0.833. The molecule has 4 rings (SSSR count). The van der Waals surface area contributed by atoms with Gasteiger partial charge in [0, 0.05) is 22.5 Å². The Hall–Kier alpha value is -3.52. The second kappa shape index (κ2) is 9.53. The largest absolute Gasteiger partial charge is 0.481 e. The molecule has 31 heavy (non-hydrogen) atoms. The van der Waals surface area contributed by atoms with Gasteiger partial charge in [0.15, 0.2) is 0 Å². The van der Waals surface area contributed by atoms with Crippen LogP contribution in [0.15, 0.2) is 59.1 Å². The lowest BCUT2D eigenvalue weighted by Gasteiger charge is -2.12. The SMILES string of the molecule is CC(=O)O.COC(=O)c1cc(-c2nc3ccccc3[nH]2)c(-c2ccc(Br)cc2)nc1C. The molecule has 4 aromatic rings. The Bertz CT molecular complexity index is 1210. The summed E-state index contributed by atoms with van der Waals surface area (Å²) in [6.45, 7) is 2.89. The van der Waals surface area contributed by atoms with Gasteiger partial charge in [0.2, 0.25) is 0 Å². The molecule has 0 spiro atoms. The standard InChI is InChI=1S/C21H16BrN3O2.C2H4O2/c1-12-15(21(26)27-2)11-16(19(23-12)13-7-9-14(22)10-8-13)20-24-17-5-3-4-6-18(17)25-20;1-2(3)4/h3-11H,1-2H3,(H,24,25);1H3,(H,3,4). The van der Waals surface area contributed by atoms with Crippen LogP contribution in [0, 0.1) is 6.92 Å². The fraction of sp³-hybridized carbons (Fsp3) is 0.130. The number of carboxylic acids is 1. The number of H-pyrrole nitrogens is 1. The van der Waals surface area contributed by atoms with E-state index in [0.717, 1.165) is 39.3 Å². The van der Waals surface area contributed by atoms with Crippen LogP contribution in [0.1, 0.15) is 23.0 Å². The van der Waals surface area contributed by atoms with Crippen LogP contribution in [0.5, 0.6) is 0 Å². The van der Waals surface area contributed by atoms with Crippen molar-refractivity contribution in [2.45, 2.75) is 13.8 Å². The number of fused-ring (bicyclic) bond motifs is 1. The summed E-state index contributed by atoms with van der Waals surface area (Å²) in [6.07, 6.45) is 0. The molecule has 2 heterocycles. The van der Waals surface area contributed by atoms with Gasteiger partial charge in [-0.2, -0.15) is 0 Å². The van der Waals surface area contributed by atoms with E-state index in [2.05, 4.69) is 25.9 Å². The van der Waals surface area contributed by atoms with Gasteiger partial charge in [-0.25, -0.2) is 9.78 Å². The highest BCUT2D eigenvalue weighted by Crippen LogP contribution is 2.32. The van der Waals surface area contributed by atoms with E-state index in [9.17, 15) is 4.79 Å². The Morgan fingerprint density at radius 3 is 2.32 bits per heavy atom. The van der Waals surface area contributed by atoms with Crippen LogP contribution >= 0.6 is 15.9 Å². The van der Waals surface area contributed by atoms with Gasteiger partial charge in [-0.05, 0) is 37.3 Å². The van der Waals surface area contributed by atoms with Gasteiger partial charge in [0.05, 0.1) is 35.1 Å². The molecular formula is C23H20BrN3O4. The molecule has 158 valence electrons. The van der Waals surface area contributed by atoms with E-state index in [1.54, 1.807) is 13.0 Å². The van der Waals surface area contributed by atoms with Crippen molar-refractivity contribution >= 4 is 38.9 Å². The predicted octanol–water partition coefficient (Wildman–Crippen LogP) is 5.24. The van der Waals surface area contributed by atoms with E-state index in [4.69, 9.17) is 19.6 Å². The van der Waals surface area contributed by atoms with E-state index in [1.807, 2.05) is 48.5 Å². The van der Waals surface area contributed by atoms with E-state index < -0.39 is 11.9 Å². The Morgan fingerprint density at radius 2 is 1.71 bits per heavy atom. The highest BCUT2D eigenvalue weighted by atomic mass is 79.9. The lowest BCUT2D eigenvalue weighted by atomic mass is 10.0. The number of nitrogens with one attached hydrogen (secondary N) is 1. The molecule has 0 bridgehead atoms. The number of esters is 1. The van der Waals surface area contributed by atoms with Crippen molar-refractivity contribution in [3.63, 3.8) is 0 Å². The molecule has 0 radical (unpaired) electrons. The number of hydrogen-bond acceptors (Lipinski definition) is 5. The number of aryl methyl sites for hydroxylation is 1.